The molecule has 2 heterocycles. The van der Waals surface area contributed by atoms with Crippen molar-refractivity contribution in [2.75, 3.05) is 11.5 Å². The van der Waals surface area contributed by atoms with Gasteiger partial charge < -0.3 is 9.15 Å². The van der Waals surface area contributed by atoms with E-state index < -0.39 is 17.8 Å². The molecule has 132 valence electrons. The van der Waals surface area contributed by atoms with Crippen LogP contribution in [0.5, 0.6) is 5.75 Å². The van der Waals surface area contributed by atoms with Gasteiger partial charge in [-0.15, -0.1) is 0 Å². The molecule has 26 heavy (non-hydrogen) atoms. The number of amides is 4. The van der Waals surface area contributed by atoms with Crippen LogP contribution in [0.15, 0.2) is 64.8 Å². The first kappa shape index (κ1) is 17.2. The third-order valence-electron chi connectivity index (χ3n) is 3.57. The van der Waals surface area contributed by atoms with E-state index >= 15 is 0 Å². The van der Waals surface area contributed by atoms with Crippen LogP contribution in [0.25, 0.3) is 6.08 Å². The summed E-state index contributed by atoms with van der Waals surface area (Å²) < 4.78 is 10.6. The zero-order valence-electron chi connectivity index (χ0n) is 14.0. The Balaban J connectivity index is 1.93. The van der Waals surface area contributed by atoms with E-state index in [1.807, 2.05) is 0 Å². The SMILES string of the molecule is CCOc1ccccc1N1C(=O)NC(=O)/C(=C/C=C/c2ccco2)C1=O. The molecule has 1 aliphatic rings. The number of nitrogens with zero attached hydrogens (tertiary/aromatic N) is 1. The fourth-order valence-electron chi connectivity index (χ4n) is 2.44. The maximum atomic E-state index is 12.8. The zero-order chi connectivity index (χ0) is 18.5. The number of nitrogens with one attached hydrogen (secondary N) is 1. The smallest absolute Gasteiger partial charge is 0.336 e. The normalized spacial score (nSPS) is 16.4. The van der Waals surface area contributed by atoms with Crippen LogP contribution < -0.4 is 15.0 Å². The highest BCUT2D eigenvalue weighted by Gasteiger charge is 2.37. The number of furan rings is 1. The first-order valence-electron chi connectivity index (χ1n) is 7.95. The molecule has 0 bridgehead atoms. The topological polar surface area (TPSA) is 88.8 Å². The molecule has 0 spiro atoms. The maximum absolute atomic E-state index is 12.8. The second-order valence-corrected chi connectivity index (χ2v) is 5.26. The third-order valence-corrected chi connectivity index (χ3v) is 3.57. The van der Waals surface area contributed by atoms with Gasteiger partial charge in [-0.1, -0.05) is 18.2 Å². The van der Waals surface area contributed by atoms with Gasteiger partial charge in [0, 0.05) is 0 Å². The molecule has 0 saturated carbocycles. The number of hydrogen-bond donors (Lipinski definition) is 1. The number of allylic oxidation sites excluding steroid dienone is 2. The van der Waals surface area contributed by atoms with E-state index in [1.54, 1.807) is 49.4 Å². The van der Waals surface area contributed by atoms with Gasteiger partial charge in [-0.05, 0) is 43.3 Å². The minimum absolute atomic E-state index is 0.168. The summed E-state index contributed by atoms with van der Waals surface area (Å²) in [6, 6.07) is 9.26. The van der Waals surface area contributed by atoms with Gasteiger partial charge in [0.25, 0.3) is 11.8 Å². The van der Waals surface area contributed by atoms with Crippen LogP contribution in [-0.2, 0) is 9.59 Å². The van der Waals surface area contributed by atoms with E-state index in [0.29, 0.717) is 18.1 Å². The van der Waals surface area contributed by atoms with Gasteiger partial charge in [0.05, 0.1) is 18.6 Å². The van der Waals surface area contributed by atoms with E-state index in [2.05, 4.69) is 5.32 Å². The van der Waals surface area contributed by atoms with E-state index in [1.165, 1.54) is 18.4 Å². The number of anilines is 1. The second kappa shape index (κ2) is 7.52. The fraction of sp³-hybridized carbons (Fsp3) is 0.105. The van der Waals surface area contributed by atoms with Crippen molar-refractivity contribution in [3.05, 3.63) is 66.1 Å². The van der Waals surface area contributed by atoms with E-state index in [0.717, 1.165) is 4.90 Å². The predicted octanol–water partition coefficient (Wildman–Crippen LogP) is 2.90. The lowest BCUT2D eigenvalue weighted by atomic mass is 10.1. The van der Waals surface area contributed by atoms with Crippen molar-refractivity contribution >= 4 is 29.6 Å². The number of hydrogen-bond acceptors (Lipinski definition) is 5. The van der Waals surface area contributed by atoms with Crippen LogP contribution in [0.3, 0.4) is 0 Å². The number of barbiturate groups is 1. The van der Waals surface area contributed by atoms with E-state index in [9.17, 15) is 14.4 Å². The second-order valence-electron chi connectivity index (χ2n) is 5.26. The van der Waals surface area contributed by atoms with Crippen molar-refractivity contribution in [3.63, 3.8) is 0 Å². The van der Waals surface area contributed by atoms with Crippen molar-refractivity contribution in [3.8, 4) is 5.75 Å². The molecule has 2 aromatic rings. The number of rotatable bonds is 5. The number of ether oxygens (including phenoxy) is 1. The minimum atomic E-state index is -0.820. The number of benzene rings is 1. The molecule has 0 radical (unpaired) electrons. The summed E-state index contributed by atoms with van der Waals surface area (Å²) in [5.41, 5.74) is 0.101. The number of carbonyl (C=O) groups is 3. The standard InChI is InChI=1S/C19H16N2O5/c1-2-25-16-11-4-3-10-15(16)21-18(23)14(17(22)20-19(21)24)9-5-7-13-8-6-12-26-13/h3-12H,2H2,1H3,(H,20,22,24)/b7-5+,14-9-. The Kier molecular flexibility index (Phi) is 4.98. The average molecular weight is 352 g/mol. The fourth-order valence-corrected chi connectivity index (χ4v) is 2.44. The van der Waals surface area contributed by atoms with Crippen LogP contribution in [-0.4, -0.2) is 24.5 Å². The summed E-state index contributed by atoms with van der Waals surface area (Å²) in [6.07, 6.45) is 5.95. The average Bonchev–Trinajstić information content (AvgIpc) is 3.13. The van der Waals surface area contributed by atoms with Gasteiger partial charge in [0.2, 0.25) is 0 Å². The minimum Gasteiger partial charge on any atom is -0.492 e. The Labute approximate surface area is 149 Å². The number of carbonyl (C=O) groups excluding carboxylic acids is 3. The van der Waals surface area contributed by atoms with Crippen molar-refractivity contribution in [1.82, 2.24) is 5.32 Å². The van der Waals surface area contributed by atoms with E-state index in [4.69, 9.17) is 9.15 Å². The highest BCUT2D eigenvalue weighted by atomic mass is 16.5. The van der Waals surface area contributed by atoms with Crippen molar-refractivity contribution in [2.45, 2.75) is 6.92 Å². The number of urea groups is 1. The molecule has 7 heteroatoms. The monoisotopic (exact) mass is 352 g/mol. The van der Waals surface area contributed by atoms with Gasteiger partial charge in [0.1, 0.15) is 17.1 Å². The maximum Gasteiger partial charge on any atom is 0.336 e. The summed E-state index contributed by atoms with van der Waals surface area (Å²) in [6.45, 7) is 2.16. The predicted molar refractivity (Wildman–Crippen MR) is 94.5 cm³/mol. The first-order chi connectivity index (χ1) is 12.6. The molecule has 7 nitrogen and oxygen atoms in total. The molecule has 1 aliphatic heterocycles. The highest BCUT2D eigenvalue weighted by molar-refractivity contribution is 6.38. The molecule has 3 rings (SSSR count). The van der Waals surface area contributed by atoms with Crippen LogP contribution in [0.2, 0.25) is 0 Å². The summed E-state index contributed by atoms with van der Waals surface area (Å²) in [4.78, 5) is 37.9. The van der Waals surface area contributed by atoms with Crippen molar-refractivity contribution in [1.29, 1.82) is 0 Å². The largest absolute Gasteiger partial charge is 0.492 e. The van der Waals surface area contributed by atoms with E-state index in [-0.39, 0.29) is 11.3 Å². The van der Waals surface area contributed by atoms with Crippen LogP contribution >= 0.6 is 0 Å². The van der Waals surface area contributed by atoms with Crippen LogP contribution in [0, 0.1) is 0 Å². The third kappa shape index (κ3) is 3.41. The molecule has 1 fully saturated rings. The Bertz CT molecular complexity index is 896. The molecular weight excluding hydrogens is 336 g/mol. The van der Waals surface area contributed by atoms with Crippen LogP contribution in [0.4, 0.5) is 10.5 Å². The first-order valence-corrected chi connectivity index (χ1v) is 7.95. The van der Waals surface area contributed by atoms with Crippen molar-refractivity contribution in [2.24, 2.45) is 0 Å². The molecule has 1 saturated heterocycles. The molecule has 1 aromatic heterocycles. The summed E-state index contributed by atoms with van der Waals surface area (Å²) in [5, 5.41) is 2.17. The number of imide groups is 2. The Morgan fingerprint density at radius 1 is 1.15 bits per heavy atom. The summed E-state index contributed by atoms with van der Waals surface area (Å²) in [7, 11) is 0. The van der Waals surface area contributed by atoms with Gasteiger partial charge in [-0.2, -0.15) is 0 Å². The zero-order valence-corrected chi connectivity index (χ0v) is 14.0. The van der Waals surface area contributed by atoms with Gasteiger partial charge >= 0.3 is 6.03 Å². The van der Waals surface area contributed by atoms with Gasteiger partial charge in [0.15, 0.2) is 0 Å². The summed E-state index contributed by atoms with van der Waals surface area (Å²) >= 11 is 0. The molecule has 4 amide bonds. The lowest BCUT2D eigenvalue weighted by Crippen LogP contribution is -2.54. The molecule has 0 aliphatic carbocycles. The quantitative estimate of drug-likeness (QED) is 0.660. The van der Waals surface area contributed by atoms with Crippen LogP contribution in [0.1, 0.15) is 12.7 Å². The Morgan fingerprint density at radius 2 is 1.96 bits per heavy atom. The van der Waals surface area contributed by atoms with Gasteiger partial charge in [-0.3, -0.25) is 14.9 Å². The van der Waals surface area contributed by atoms with Crippen molar-refractivity contribution < 1.29 is 23.5 Å². The molecule has 1 N–H and O–H groups in total. The lowest BCUT2D eigenvalue weighted by molar-refractivity contribution is -0.122. The van der Waals surface area contributed by atoms with Gasteiger partial charge in [-0.25, -0.2) is 9.69 Å². The lowest BCUT2D eigenvalue weighted by Gasteiger charge is -2.27. The summed E-state index contributed by atoms with van der Waals surface area (Å²) in [5.74, 6) is -0.539. The molecule has 1 aromatic carbocycles. The highest BCUT2D eigenvalue weighted by Crippen LogP contribution is 2.30. The Morgan fingerprint density at radius 3 is 2.69 bits per heavy atom. The Hall–Kier alpha value is -3.61. The molecule has 0 atom stereocenters. The number of para-hydroxylation sites is 2. The molecular formula is C19H16N2O5. The molecule has 0 unspecified atom stereocenters.